The van der Waals surface area contributed by atoms with Crippen molar-refractivity contribution in [2.45, 2.75) is 32.5 Å². The van der Waals surface area contributed by atoms with Gasteiger partial charge in [0.1, 0.15) is 0 Å². The molecular formula is C21H26O4. The van der Waals surface area contributed by atoms with Gasteiger partial charge in [0.25, 0.3) is 0 Å². The number of ether oxygens (including phenoxy) is 3. The van der Waals surface area contributed by atoms with E-state index in [1.165, 1.54) is 7.11 Å². The number of hydrogen-bond donors (Lipinski definition) is 0. The van der Waals surface area contributed by atoms with Gasteiger partial charge in [0.15, 0.2) is 6.29 Å². The third-order valence-corrected chi connectivity index (χ3v) is 4.04. The summed E-state index contributed by atoms with van der Waals surface area (Å²) in [5.74, 6) is -0.699. The average Bonchev–Trinajstić information content (AvgIpc) is 2.66. The Morgan fingerprint density at radius 2 is 1.44 bits per heavy atom. The molecule has 0 aliphatic heterocycles. The minimum Gasteiger partial charge on any atom is -0.469 e. The lowest BCUT2D eigenvalue weighted by molar-refractivity contribution is -0.157. The summed E-state index contributed by atoms with van der Waals surface area (Å²) in [5, 5.41) is 0. The van der Waals surface area contributed by atoms with Crippen LogP contribution in [0.1, 0.15) is 31.7 Å². The average molecular weight is 342 g/mol. The van der Waals surface area contributed by atoms with Gasteiger partial charge >= 0.3 is 5.97 Å². The first-order valence-electron chi connectivity index (χ1n) is 8.66. The molecule has 0 spiro atoms. The van der Waals surface area contributed by atoms with E-state index in [4.69, 9.17) is 14.2 Å². The van der Waals surface area contributed by atoms with E-state index in [9.17, 15) is 4.79 Å². The monoisotopic (exact) mass is 342 g/mol. The van der Waals surface area contributed by atoms with Crippen LogP contribution in [0.5, 0.6) is 0 Å². The van der Waals surface area contributed by atoms with Gasteiger partial charge < -0.3 is 14.2 Å². The smallest absolute Gasteiger partial charge is 0.313 e. The molecule has 4 nitrogen and oxygen atoms in total. The van der Waals surface area contributed by atoms with Gasteiger partial charge in [-0.05, 0) is 30.5 Å². The fraction of sp³-hybridized carbons (Fsp3) is 0.381. The van der Waals surface area contributed by atoms with Gasteiger partial charge in [0, 0.05) is 19.6 Å². The summed E-state index contributed by atoms with van der Waals surface area (Å²) in [7, 11) is 1.41. The summed E-state index contributed by atoms with van der Waals surface area (Å²) in [4.78, 5) is 12.3. The Morgan fingerprint density at radius 1 is 0.880 bits per heavy atom. The molecule has 2 rings (SSSR count). The predicted molar refractivity (Wildman–Crippen MR) is 98.3 cm³/mol. The standard InChI is InChI=1S/C21H26O4/c1-4-24-20(25-5-2)15-19(21(22)23-3)18-13-11-17(12-14-18)16-9-7-6-8-10-16/h6-14,19-20H,4-5,15H2,1-3H3. The molecule has 0 amide bonds. The number of carbonyl (C=O) groups excluding carboxylic acids is 1. The molecule has 0 radical (unpaired) electrons. The molecule has 0 fully saturated rings. The minimum atomic E-state index is -0.423. The van der Waals surface area contributed by atoms with Gasteiger partial charge in [-0.1, -0.05) is 54.6 Å². The maximum atomic E-state index is 12.3. The van der Waals surface area contributed by atoms with Crippen LogP contribution in [0.25, 0.3) is 11.1 Å². The molecule has 1 atom stereocenters. The molecule has 0 saturated carbocycles. The molecule has 0 heterocycles. The molecule has 0 bridgehead atoms. The van der Waals surface area contributed by atoms with E-state index in [-0.39, 0.29) is 5.97 Å². The lowest BCUT2D eigenvalue weighted by Crippen LogP contribution is -2.25. The second-order valence-corrected chi connectivity index (χ2v) is 5.64. The number of rotatable bonds is 9. The van der Waals surface area contributed by atoms with Crippen LogP contribution >= 0.6 is 0 Å². The second-order valence-electron chi connectivity index (χ2n) is 5.64. The van der Waals surface area contributed by atoms with Crippen LogP contribution in [0.3, 0.4) is 0 Å². The van der Waals surface area contributed by atoms with E-state index < -0.39 is 12.2 Å². The minimum absolute atomic E-state index is 0.281. The van der Waals surface area contributed by atoms with Crippen LogP contribution in [-0.4, -0.2) is 32.6 Å². The summed E-state index contributed by atoms with van der Waals surface area (Å²) in [6, 6.07) is 18.1. The maximum absolute atomic E-state index is 12.3. The SMILES string of the molecule is CCOC(CC(C(=O)OC)c1ccc(-c2ccccc2)cc1)OCC. The van der Waals surface area contributed by atoms with Gasteiger partial charge in [0.2, 0.25) is 0 Å². The van der Waals surface area contributed by atoms with Crippen molar-refractivity contribution in [1.29, 1.82) is 0 Å². The second kappa shape index (κ2) is 9.97. The van der Waals surface area contributed by atoms with Crippen LogP contribution in [-0.2, 0) is 19.0 Å². The van der Waals surface area contributed by atoms with Gasteiger partial charge in [-0.3, -0.25) is 4.79 Å². The zero-order chi connectivity index (χ0) is 18.1. The summed E-state index contributed by atoms with van der Waals surface area (Å²) >= 11 is 0. The first-order valence-corrected chi connectivity index (χ1v) is 8.66. The number of hydrogen-bond acceptors (Lipinski definition) is 4. The van der Waals surface area contributed by atoms with Gasteiger partial charge in [-0.15, -0.1) is 0 Å². The van der Waals surface area contributed by atoms with Gasteiger partial charge in [-0.25, -0.2) is 0 Å². The fourth-order valence-electron chi connectivity index (χ4n) is 2.80. The number of carbonyl (C=O) groups is 1. The van der Waals surface area contributed by atoms with Crippen LogP contribution in [0.15, 0.2) is 54.6 Å². The molecule has 2 aromatic carbocycles. The molecule has 0 N–H and O–H groups in total. The Kier molecular flexibility index (Phi) is 7.64. The van der Waals surface area contributed by atoms with Crippen LogP contribution in [0, 0.1) is 0 Å². The maximum Gasteiger partial charge on any atom is 0.313 e. The largest absolute Gasteiger partial charge is 0.469 e. The highest BCUT2D eigenvalue weighted by Crippen LogP contribution is 2.27. The first kappa shape index (κ1) is 19.2. The van der Waals surface area contributed by atoms with Crippen LogP contribution < -0.4 is 0 Å². The predicted octanol–water partition coefficient (Wildman–Crippen LogP) is 4.40. The third-order valence-electron chi connectivity index (χ3n) is 4.04. The highest BCUT2D eigenvalue weighted by molar-refractivity contribution is 5.78. The summed E-state index contributed by atoms with van der Waals surface area (Å²) in [6.07, 6.45) is 0.00636. The molecule has 25 heavy (non-hydrogen) atoms. The molecule has 0 aliphatic carbocycles. The lowest BCUT2D eigenvalue weighted by atomic mass is 9.93. The molecule has 2 aromatic rings. The van der Waals surface area contributed by atoms with Crippen LogP contribution in [0.4, 0.5) is 0 Å². The van der Waals surface area contributed by atoms with Crippen molar-refractivity contribution in [2.75, 3.05) is 20.3 Å². The highest BCUT2D eigenvalue weighted by Gasteiger charge is 2.26. The highest BCUT2D eigenvalue weighted by atomic mass is 16.7. The summed E-state index contributed by atoms with van der Waals surface area (Å²) in [6.45, 7) is 4.89. The summed E-state index contributed by atoms with van der Waals surface area (Å²) < 4.78 is 16.2. The Balaban J connectivity index is 2.21. The molecule has 1 unspecified atom stereocenters. The van der Waals surface area contributed by atoms with Crippen molar-refractivity contribution in [1.82, 2.24) is 0 Å². The van der Waals surface area contributed by atoms with Crippen molar-refractivity contribution in [2.24, 2.45) is 0 Å². The Bertz CT molecular complexity index is 631. The Morgan fingerprint density at radius 3 is 1.96 bits per heavy atom. The topological polar surface area (TPSA) is 44.8 Å². The molecule has 0 saturated heterocycles. The quantitative estimate of drug-likeness (QED) is 0.500. The Labute approximate surface area is 149 Å². The van der Waals surface area contributed by atoms with Crippen molar-refractivity contribution in [3.8, 4) is 11.1 Å². The number of esters is 1. The van der Waals surface area contributed by atoms with E-state index in [2.05, 4.69) is 12.1 Å². The number of benzene rings is 2. The molecule has 134 valence electrons. The van der Waals surface area contributed by atoms with Crippen molar-refractivity contribution >= 4 is 5.97 Å². The fourth-order valence-corrected chi connectivity index (χ4v) is 2.80. The van der Waals surface area contributed by atoms with Crippen molar-refractivity contribution in [3.63, 3.8) is 0 Å². The molecular weight excluding hydrogens is 316 g/mol. The van der Waals surface area contributed by atoms with Crippen molar-refractivity contribution in [3.05, 3.63) is 60.2 Å². The molecule has 0 aromatic heterocycles. The van der Waals surface area contributed by atoms with Crippen LogP contribution in [0.2, 0.25) is 0 Å². The molecule has 0 aliphatic rings. The zero-order valence-electron chi connectivity index (χ0n) is 15.1. The molecule has 4 heteroatoms. The normalized spacial score (nSPS) is 12.2. The van der Waals surface area contributed by atoms with Crippen molar-refractivity contribution < 1.29 is 19.0 Å². The summed E-state index contributed by atoms with van der Waals surface area (Å²) in [5.41, 5.74) is 3.15. The van der Waals surface area contributed by atoms with E-state index in [1.54, 1.807) is 0 Å². The lowest BCUT2D eigenvalue weighted by Gasteiger charge is -2.22. The Hall–Kier alpha value is -2.17. The van der Waals surface area contributed by atoms with Gasteiger partial charge in [-0.2, -0.15) is 0 Å². The van der Waals surface area contributed by atoms with E-state index in [0.29, 0.717) is 19.6 Å². The zero-order valence-corrected chi connectivity index (χ0v) is 15.1. The van der Waals surface area contributed by atoms with E-state index >= 15 is 0 Å². The van der Waals surface area contributed by atoms with E-state index in [0.717, 1.165) is 16.7 Å². The third kappa shape index (κ3) is 5.41. The first-order chi connectivity index (χ1) is 12.2. The van der Waals surface area contributed by atoms with E-state index in [1.807, 2.05) is 56.3 Å². The van der Waals surface area contributed by atoms with Gasteiger partial charge in [0.05, 0.1) is 13.0 Å². The number of methoxy groups -OCH3 is 1.